The fourth-order valence-corrected chi connectivity index (χ4v) is 2.80. The number of hydrazone groups is 1. The van der Waals surface area contributed by atoms with Gasteiger partial charge in [-0.25, -0.2) is 5.43 Å². The molecule has 3 rings (SSSR count). The molecular formula is C26H26N4O3. The van der Waals surface area contributed by atoms with Crippen molar-refractivity contribution in [1.29, 1.82) is 0 Å². The molecule has 33 heavy (non-hydrogen) atoms. The molecule has 0 fully saturated rings. The Bertz CT molecular complexity index is 1160. The predicted octanol–water partition coefficient (Wildman–Crippen LogP) is 4.32. The van der Waals surface area contributed by atoms with Crippen molar-refractivity contribution in [3.63, 3.8) is 0 Å². The lowest BCUT2D eigenvalue weighted by Crippen LogP contribution is -2.33. The molecule has 0 unspecified atom stereocenters. The fraction of sp³-hybridized carbons (Fsp3) is 0.115. The molecular weight excluding hydrogens is 416 g/mol. The van der Waals surface area contributed by atoms with Crippen molar-refractivity contribution in [2.75, 3.05) is 19.0 Å². The summed E-state index contributed by atoms with van der Waals surface area (Å²) in [5, 5.41) is 6.79. The minimum Gasteiger partial charge on any atom is -0.465 e. The summed E-state index contributed by atoms with van der Waals surface area (Å²) >= 11 is 0. The van der Waals surface area contributed by atoms with Gasteiger partial charge in [-0.2, -0.15) is 5.10 Å². The van der Waals surface area contributed by atoms with E-state index >= 15 is 0 Å². The van der Waals surface area contributed by atoms with Gasteiger partial charge >= 0.3 is 0 Å². The number of nitrogens with zero attached hydrogens (tertiary/aromatic N) is 2. The molecule has 0 atom stereocenters. The monoisotopic (exact) mass is 442 g/mol. The van der Waals surface area contributed by atoms with E-state index in [9.17, 15) is 9.59 Å². The number of allylic oxidation sites excluding steroid dienone is 1. The van der Waals surface area contributed by atoms with Crippen LogP contribution in [0, 0.1) is 0 Å². The van der Waals surface area contributed by atoms with Crippen LogP contribution in [0.15, 0.2) is 94.3 Å². The SMILES string of the molecule is CC(/C=C/c1ccco1)=N\NC(=O)/C(=C\c1ccc(N(C)C)cc1)NC(=O)c1ccccc1. The van der Waals surface area contributed by atoms with E-state index in [0.29, 0.717) is 17.0 Å². The summed E-state index contributed by atoms with van der Waals surface area (Å²) in [7, 11) is 3.90. The van der Waals surface area contributed by atoms with Crippen molar-refractivity contribution in [3.05, 3.63) is 102 Å². The van der Waals surface area contributed by atoms with Gasteiger partial charge in [0.2, 0.25) is 0 Å². The van der Waals surface area contributed by atoms with Crippen LogP contribution in [0.2, 0.25) is 0 Å². The minimum absolute atomic E-state index is 0.0769. The lowest BCUT2D eigenvalue weighted by molar-refractivity contribution is -0.117. The number of hydrogen-bond donors (Lipinski definition) is 2. The van der Waals surface area contributed by atoms with Crippen LogP contribution in [0.1, 0.15) is 28.6 Å². The highest BCUT2D eigenvalue weighted by Crippen LogP contribution is 2.14. The number of nitrogens with one attached hydrogen (secondary N) is 2. The van der Waals surface area contributed by atoms with E-state index in [-0.39, 0.29) is 11.6 Å². The van der Waals surface area contributed by atoms with E-state index in [0.717, 1.165) is 11.3 Å². The quantitative estimate of drug-likeness (QED) is 0.309. The van der Waals surface area contributed by atoms with Gasteiger partial charge in [0.05, 0.1) is 12.0 Å². The Balaban J connectivity index is 1.79. The van der Waals surface area contributed by atoms with Crippen molar-refractivity contribution in [2.24, 2.45) is 5.10 Å². The van der Waals surface area contributed by atoms with Crippen LogP contribution in [0.4, 0.5) is 5.69 Å². The molecule has 0 saturated heterocycles. The Morgan fingerprint density at radius 3 is 2.33 bits per heavy atom. The normalized spacial score (nSPS) is 12.0. The molecule has 168 valence electrons. The average Bonchev–Trinajstić information content (AvgIpc) is 3.35. The highest BCUT2D eigenvalue weighted by atomic mass is 16.3. The molecule has 0 saturated carbocycles. The summed E-state index contributed by atoms with van der Waals surface area (Å²) in [5.41, 5.74) is 5.36. The van der Waals surface area contributed by atoms with Gasteiger partial charge < -0.3 is 14.6 Å². The second-order valence-corrected chi connectivity index (χ2v) is 7.41. The van der Waals surface area contributed by atoms with Crippen molar-refractivity contribution in [3.8, 4) is 0 Å². The third-order valence-corrected chi connectivity index (χ3v) is 4.62. The number of amides is 2. The zero-order valence-corrected chi connectivity index (χ0v) is 18.8. The maximum atomic E-state index is 12.9. The highest BCUT2D eigenvalue weighted by Gasteiger charge is 2.14. The second kappa shape index (κ2) is 11.3. The Morgan fingerprint density at radius 1 is 0.970 bits per heavy atom. The third kappa shape index (κ3) is 7.07. The van der Waals surface area contributed by atoms with E-state index in [1.165, 1.54) is 0 Å². The molecule has 7 heteroatoms. The van der Waals surface area contributed by atoms with Crippen molar-refractivity contribution in [2.45, 2.75) is 6.92 Å². The van der Waals surface area contributed by atoms with E-state index in [1.54, 1.807) is 61.7 Å². The van der Waals surface area contributed by atoms with Crippen LogP contribution in [0.3, 0.4) is 0 Å². The number of anilines is 1. The molecule has 2 aromatic carbocycles. The summed E-state index contributed by atoms with van der Waals surface area (Å²) < 4.78 is 5.23. The van der Waals surface area contributed by atoms with Gasteiger partial charge in [0.15, 0.2) is 0 Å². The molecule has 3 aromatic rings. The largest absolute Gasteiger partial charge is 0.465 e. The van der Waals surface area contributed by atoms with Gasteiger partial charge in [0.1, 0.15) is 11.5 Å². The molecule has 7 nitrogen and oxygen atoms in total. The van der Waals surface area contributed by atoms with Gasteiger partial charge in [-0.15, -0.1) is 0 Å². The summed E-state index contributed by atoms with van der Waals surface area (Å²) in [6.07, 6.45) is 6.64. The number of benzene rings is 2. The van der Waals surface area contributed by atoms with E-state index in [4.69, 9.17) is 4.42 Å². The maximum absolute atomic E-state index is 12.9. The van der Waals surface area contributed by atoms with Crippen LogP contribution in [-0.4, -0.2) is 31.6 Å². The Kier molecular flexibility index (Phi) is 7.96. The van der Waals surface area contributed by atoms with Crippen molar-refractivity contribution >= 4 is 35.4 Å². The van der Waals surface area contributed by atoms with Crippen LogP contribution < -0.4 is 15.6 Å². The fourth-order valence-electron chi connectivity index (χ4n) is 2.80. The lowest BCUT2D eigenvalue weighted by Gasteiger charge is -2.13. The maximum Gasteiger partial charge on any atom is 0.287 e. The molecule has 0 aliphatic heterocycles. The first-order valence-corrected chi connectivity index (χ1v) is 10.3. The molecule has 0 spiro atoms. The van der Waals surface area contributed by atoms with Gasteiger partial charge in [-0.05, 0) is 67.1 Å². The molecule has 0 aliphatic rings. The molecule has 0 aliphatic carbocycles. The number of rotatable bonds is 8. The van der Waals surface area contributed by atoms with Crippen LogP contribution in [0.5, 0.6) is 0 Å². The second-order valence-electron chi connectivity index (χ2n) is 7.41. The number of hydrogen-bond acceptors (Lipinski definition) is 5. The molecule has 1 aromatic heterocycles. The van der Waals surface area contributed by atoms with E-state index in [2.05, 4.69) is 15.8 Å². The van der Waals surface area contributed by atoms with Gasteiger partial charge in [-0.3, -0.25) is 9.59 Å². The number of carbonyl (C=O) groups is 2. The van der Waals surface area contributed by atoms with Crippen LogP contribution >= 0.6 is 0 Å². The summed E-state index contributed by atoms with van der Waals surface area (Å²) in [5.74, 6) is -0.255. The highest BCUT2D eigenvalue weighted by molar-refractivity contribution is 6.06. The smallest absolute Gasteiger partial charge is 0.287 e. The topological polar surface area (TPSA) is 86.9 Å². The standard InChI is InChI=1S/C26H26N4O3/c1-19(11-16-23-10-7-17-33-23)28-29-26(32)24(27-25(31)21-8-5-4-6-9-21)18-20-12-14-22(15-13-20)30(2)3/h4-18H,1-3H3,(H,27,31)(H,29,32)/b16-11+,24-18+,28-19+. The zero-order valence-electron chi connectivity index (χ0n) is 18.8. The minimum atomic E-state index is -0.540. The number of furan rings is 1. The first kappa shape index (κ1) is 23.3. The summed E-state index contributed by atoms with van der Waals surface area (Å²) in [4.78, 5) is 27.5. The Hall–Kier alpha value is -4.39. The zero-order chi connectivity index (χ0) is 23.6. The van der Waals surface area contributed by atoms with E-state index in [1.807, 2.05) is 55.4 Å². The molecule has 0 bridgehead atoms. The summed E-state index contributed by atoms with van der Waals surface area (Å²) in [6.45, 7) is 1.74. The first-order chi connectivity index (χ1) is 15.9. The predicted molar refractivity (Wildman–Crippen MR) is 132 cm³/mol. The van der Waals surface area contributed by atoms with Gasteiger partial charge in [-0.1, -0.05) is 30.3 Å². The Labute approximate surface area is 193 Å². The Morgan fingerprint density at radius 2 is 1.70 bits per heavy atom. The molecule has 0 radical (unpaired) electrons. The molecule has 2 N–H and O–H groups in total. The average molecular weight is 443 g/mol. The number of carbonyl (C=O) groups excluding carboxylic acids is 2. The van der Waals surface area contributed by atoms with Crippen molar-refractivity contribution < 1.29 is 14.0 Å². The van der Waals surface area contributed by atoms with Gasteiger partial charge in [0, 0.05) is 25.3 Å². The first-order valence-electron chi connectivity index (χ1n) is 10.3. The molecule has 1 heterocycles. The van der Waals surface area contributed by atoms with E-state index < -0.39 is 5.91 Å². The third-order valence-electron chi connectivity index (χ3n) is 4.62. The van der Waals surface area contributed by atoms with Crippen molar-refractivity contribution in [1.82, 2.24) is 10.7 Å². The molecule has 2 amide bonds. The van der Waals surface area contributed by atoms with Crippen LogP contribution in [0.25, 0.3) is 12.2 Å². The van der Waals surface area contributed by atoms with Crippen LogP contribution in [-0.2, 0) is 4.79 Å². The lowest BCUT2D eigenvalue weighted by atomic mass is 10.1. The summed E-state index contributed by atoms with van der Waals surface area (Å²) in [6, 6.07) is 19.9. The van der Waals surface area contributed by atoms with Gasteiger partial charge in [0.25, 0.3) is 11.8 Å².